The molecule has 10 nitrogen and oxygen atoms in total. The van der Waals surface area contributed by atoms with Crippen LogP contribution in [0.1, 0.15) is 56.2 Å². The number of fused-ring (bicyclic) bond motifs is 2. The summed E-state index contributed by atoms with van der Waals surface area (Å²) in [4.78, 5) is 62.2. The summed E-state index contributed by atoms with van der Waals surface area (Å²) < 4.78 is 2.82. The van der Waals surface area contributed by atoms with E-state index in [-0.39, 0.29) is 34.1 Å². The lowest BCUT2D eigenvalue weighted by atomic mass is 9.81. The third-order valence-corrected chi connectivity index (χ3v) is 8.35. The van der Waals surface area contributed by atoms with Gasteiger partial charge in [0.2, 0.25) is 0 Å². The summed E-state index contributed by atoms with van der Waals surface area (Å²) in [6.07, 6.45) is 9.81. The molecule has 188 valence electrons. The summed E-state index contributed by atoms with van der Waals surface area (Å²) in [5.41, 5.74) is -0.676. The molecule has 4 aromatic heterocycles. The van der Waals surface area contributed by atoms with Crippen molar-refractivity contribution in [2.75, 3.05) is 13.1 Å². The van der Waals surface area contributed by atoms with E-state index < -0.39 is 11.8 Å². The molecular formula is C24H26N6O4S2. The van der Waals surface area contributed by atoms with Gasteiger partial charge < -0.3 is 10.6 Å². The molecule has 2 N–H and O–H groups in total. The van der Waals surface area contributed by atoms with Gasteiger partial charge in [0.05, 0.1) is 0 Å². The van der Waals surface area contributed by atoms with Gasteiger partial charge in [0.15, 0.2) is 9.92 Å². The Morgan fingerprint density at radius 1 is 0.861 bits per heavy atom. The van der Waals surface area contributed by atoms with Crippen LogP contribution in [0.2, 0.25) is 0 Å². The smallest absolute Gasteiger partial charge is 0.271 e. The summed E-state index contributed by atoms with van der Waals surface area (Å²) in [5.74, 6) is -0.365. The van der Waals surface area contributed by atoms with Crippen molar-refractivity contribution in [2.24, 2.45) is 11.8 Å². The number of nitrogens with zero attached hydrogens (tertiary/aromatic N) is 4. The Morgan fingerprint density at radius 3 is 1.75 bits per heavy atom. The summed E-state index contributed by atoms with van der Waals surface area (Å²) in [6, 6.07) is 0. The molecule has 36 heavy (non-hydrogen) atoms. The number of rotatable bonds is 6. The second-order valence-corrected chi connectivity index (χ2v) is 11.7. The molecule has 1 fully saturated rings. The largest absolute Gasteiger partial charge is 0.352 e. The summed E-state index contributed by atoms with van der Waals surface area (Å²) in [5, 5.41) is 5.78. The van der Waals surface area contributed by atoms with E-state index in [4.69, 9.17) is 0 Å². The molecule has 0 unspecified atom stereocenters. The van der Waals surface area contributed by atoms with E-state index in [0.717, 1.165) is 35.4 Å². The Hall–Kier alpha value is -3.38. The molecule has 0 radical (unpaired) electrons. The highest BCUT2D eigenvalue weighted by Crippen LogP contribution is 2.28. The van der Waals surface area contributed by atoms with Gasteiger partial charge >= 0.3 is 0 Å². The first-order valence-electron chi connectivity index (χ1n) is 11.8. The van der Waals surface area contributed by atoms with E-state index in [1.54, 1.807) is 12.4 Å². The van der Waals surface area contributed by atoms with Crippen molar-refractivity contribution >= 4 is 44.4 Å². The average Bonchev–Trinajstić information content (AvgIpc) is 3.44. The van der Waals surface area contributed by atoms with Crippen LogP contribution in [0.5, 0.6) is 0 Å². The van der Waals surface area contributed by atoms with E-state index in [1.165, 1.54) is 43.9 Å². The van der Waals surface area contributed by atoms with Crippen LogP contribution in [0.25, 0.3) is 9.92 Å². The fourth-order valence-electron chi connectivity index (χ4n) is 4.74. The molecule has 4 aromatic rings. The lowest BCUT2D eigenvalue weighted by Crippen LogP contribution is -2.38. The van der Waals surface area contributed by atoms with Crippen molar-refractivity contribution in [3.8, 4) is 0 Å². The molecule has 5 rings (SSSR count). The van der Waals surface area contributed by atoms with E-state index in [1.807, 2.05) is 13.8 Å². The topological polar surface area (TPSA) is 127 Å². The maximum absolute atomic E-state index is 12.7. The fraction of sp³-hybridized carbons (Fsp3) is 0.417. The molecule has 4 heterocycles. The molecule has 0 saturated heterocycles. The minimum Gasteiger partial charge on any atom is -0.352 e. The van der Waals surface area contributed by atoms with Crippen molar-refractivity contribution in [3.63, 3.8) is 0 Å². The quantitative estimate of drug-likeness (QED) is 0.397. The molecule has 2 amide bonds. The van der Waals surface area contributed by atoms with Gasteiger partial charge in [0.25, 0.3) is 22.9 Å². The van der Waals surface area contributed by atoms with Crippen molar-refractivity contribution in [2.45, 2.75) is 39.5 Å². The van der Waals surface area contributed by atoms with E-state index in [0.29, 0.717) is 23.0 Å². The number of aromatic nitrogens is 4. The second kappa shape index (κ2) is 9.94. The monoisotopic (exact) mass is 526 g/mol. The molecule has 0 aliphatic heterocycles. The van der Waals surface area contributed by atoms with E-state index in [2.05, 4.69) is 20.6 Å². The van der Waals surface area contributed by atoms with Crippen molar-refractivity contribution < 1.29 is 9.59 Å². The third kappa shape index (κ3) is 4.82. The lowest BCUT2D eigenvalue weighted by Gasteiger charge is -2.29. The average molecular weight is 527 g/mol. The van der Waals surface area contributed by atoms with Crippen LogP contribution in [0.15, 0.2) is 34.4 Å². The Morgan fingerprint density at radius 2 is 1.31 bits per heavy atom. The van der Waals surface area contributed by atoms with Gasteiger partial charge in [0.1, 0.15) is 11.1 Å². The highest BCUT2D eigenvalue weighted by atomic mass is 32.1. The summed E-state index contributed by atoms with van der Waals surface area (Å²) in [6.45, 7) is 4.68. The maximum atomic E-state index is 12.7. The number of hydrogen-bond acceptors (Lipinski definition) is 8. The fourth-order valence-corrected chi connectivity index (χ4v) is 6.31. The van der Waals surface area contributed by atoms with E-state index in [9.17, 15) is 19.2 Å². The Kier molecular flexibility index (Phi) is 6.71. The van der Waals surface area contributed by atoms with Gasteiger partial charge in [-0.25, -0.2) is 9.97 Å². The van der Waals surface area contributed by atoms with Crippen LogP contribution >= 0.6 is 22.7 Å². The standard InChI is InChI=1S/C24H26N6O4S2/c1-13-11-29-21(33)17(9-27-23(29)35-13)19(31)25-7-15-4-3-5-16(6-15)8-26-20(32)18-10-28-24-30(22(18)34)12-14(2)36-24/h9-12,15-16H,3-8H2,1-2H3,(H,25,31)(H,26,32)/t15-,16-/m0/s1. The number of amides is 2. The number of nitrogens with one attached hydrogen (secondary N) is 2. The third-order valence-electron chi connectivity index (χ3n) is 6.53. The maximum Gasteiger partial charge on any atom is 0.271 e. The predicted molar refractivity (Wildman–Crippen MR) is 138 cm³/mol. The highest BCUT2D eigenvalue weighted by molar-refractivity contribution is 7.17. The molecule has 12 heteroatoms. The van der Waals surface area contributed by atoms with Crippen LogP contribution in [0.4, 0.5) is 0 Å². The Labute approximate surface area is 214 Å². The lowest BCUT2D eigenvalue weighted by molar-refractivity contribution is 0.0933. The van der Waals surface area contributed by atoms with Crippen molar-refractivity contribution in [1.82, 2.24) is 29.4 Å². The molecule has 0 spiro atoms. The van der Waals surface area contributed by atoms with Crippen molar-refractivity contribution in [3.05, 3.63) is 66.4 Å². The van der Waals surface area contributed by atoms with Gasteiger partial charge in [-0.2, -0.15) is 0 Å². The van der Waals surface area contributed by atoms with Crippen molar-refractivity contribution in [1.29, 1.82) is 0 Å². The normalized spacial score (nSPS) is 17.9. The van der Waals surface area contributed by atoms with Gasteiger partial charge in [-0.1, -0.05) is 6.42 Å². The number of carbonyl (C=O) groups excluding carboxylic acids is 2. The first kappa shape index (κ1) is 24.3. The van der Waals surface area contributed by atoms with Crippen LogP contribution in [-0.2, 0) is 0 Å². The number of hydrogen-bond donors (Lipinski definition) is 2. The van der Waals surface area contributed by atoms with Crippen LogP contribution in [0, 0.1) is 25.7 Å². The molecule has 1 aliphatic carbocycles. The second-order valence-electron chi connectivity index (χ2n) is 9.26. The first-order valence-corrected chi connectivity index (χ1v) is 13.5. The molecular weight excluding hydrogens is 500 g/mol. The molecule has 1 aliphatic rings. The minimum atomic E-state index is -0.423. The number of thiazole rings is 2. The Bertz CT molecular complexity index is 1470. The molecule has 0 aromatic carbocycles. The SMILES string of the molecule is Cc1cn2c(=O)c(C(=O)NC[C@H]3CCC[C@H](CNC(=O)c4cnc5sc(C)cn5c4=O)C3)cnc2s1. The van der Waals surface area contributed by atoms with Gasteiger partial charge in [-0.3, -0.25) is 28.0 Å². The first-order chi connectivity index (χ1) is 17.3. The molecule has 0 bridgehead atoms. The van der Waals surface area contributed by atoms with Gasteiger partial charge in [-0.05, 0) is 44.9 Å². The zero-order valence-electron chi connectivity index (χ0n) is 19.9. The van der Waals surface area contributed by atoms with Crippen LogP contribution < -0.4 is 21.8 Å². The van der Waals surface area contributed by atoms with Crippen LogP contribution in [0.3, 0.4) is 0 Å². The Balaban J connectivity index is 1.16. The summed E-state index contributed by atoms with van der Waals surface area (Å²) in [7, 11) is 0. The zero-order chi connectivity index (χ0) is 25.4. The van der Waals surface area contributed by atoms with Crippen LogP contribution in [-0.4, -0.2) is 43.7 Å². The predicted octanol–water partition coefficient (Wildman–Crippen LogP) is 2.41. The number of aryl methyl sites for hydroxylation is 2. The molecule has 2 atom stereocenters. The van der Waals surface area contributed by atoms with Gasteiger partial charge in [0, 0.05) is 47.6 Å². The van der Waals surface area contributed by atoms with E-state index >= 15 is 0 Å². The highest BCUT2D eigenvalue weighted by Gasteiger charge is 2.24. The zero-order valence-corrected chi connectivity index (χ0v) is 21.6. The minimum absolute atomic E-state index is 0.0302. The molecule has 1 saturated carbocycles. The number of carbonyl (C=O) groups is 2. The van der Waals surface area contributed by atoms with Gasteiger partial charge in [-0.15, -0.1) is 22.7 Å². The summed E-state index contributed by atoms with van der Waals surface area (Å²) >= 11 is 2.80.